The van der Waals surface area contributed by atoms with E-state index in [1.165, 1.54) is 0 Å². The molecular weight excluding hydrogens is 520 g/mol. The zero-order valence-electron chi connectivity index (χ0n) is 21.6. The Morgan fingerprint density at radius 1 is 1.18 bits per heavy atom. The van der Waals surface area contributed by atoms with Crippen LogP contribution in [0.15, 0.2) is 51.9 Å². The summed E-state index contributed by atoms with van der Waals surface area (Å²) in [5.41, 5.74) is 3.49. The number of benzene rings is 1. The SMILES string of the molecule is CCn1cc(-c2cc(Cl)cc(-c3nnc(CC(=O)N4CCC(n5c(=O)[nH]c6ncccc65)CC4)o3)c2)nc1C. The highest BCUT2D eigenvalue weighted by molar-refractivity contribution is 6.31. The van der Waals surface area contributed by atoms with E-state index < -0.39 is 0 Å². The molecule has 0 saturated carbocycles. The summed E-state index contributed by atoms with van der Waals surface area (Å²) in [6, 6.07) is 9.19. The third-order valence-corrected chi connectivity index (χ3v) is 7.42. The largest absolute Gasteiger partial charge is 0.420 e. The smallest absolute Gasteiger partial charge is 0.327 e. The fourth-order valence-corrected chi connectivity index (χ4v) is 5.44. The van der Waals surface area contributed by atoms with Crippen LogP contribution in [0.1, 0.15) is 37.5 Å². The van der Waals surface area contributed by atoms with Crippen molar-refractivity contribution in [1.29, 1.82) is 0 Å². The van der Waals surface area contributed by atoms with Crippen molar-refractivity contribution < 1.29 is 9.21 Å². The van der Waals surface area contributed by atoms with Gasteiger partial charge in [-0.05, 0) is 57.0 Å². The Morgan fingerprint density at radius 2 is 1.97 bits per heavy atom. The second-order valence-corrected chi connectivity index (χ2v) is 10.1. The second-order valence-electron chi connectivity index (χ2n) is 9.65. The highest BCUT2D eigenvalue weighted by Crippen LogP contribution is 2.30. The summed E-state index contributed by atoms with van der Waals surface area (Å²) in [5, 5.41) is 8.80. The molecule has 11 nitrogen and oxygen atoms in total. The van der Waals surface area contributed by atoms with Crippen LogP contribution in [-0.2, 0) is 17.8 Å². The van der Waals surface area contributed by atoms with E-state index in [1.54, 1.807) is 21.7 Å². The van der Waals surface area contributed by atoms with E-state index in [0.717, 1.165) is 29.1 Å². The number of aryl methyl sites for hydroxylation is 2. The molecule has 0 spiro atoms. The van der Waals surface area contributed by atoms with Gasteiger partial charge in [0.05, 0.1) is 11.2 Å². The molecule has 1 aliphatic rings. The normalized spacial score (nSPS) is 14.4. The molecule has 0 bridgehead atoms. The van der Waals surface area contributed by atoms with Crippen LogP contribution in [0.25, 0.3) is 33.9 Å². The van der Waals surface area contributed by atoms with E-state index in [9.17, 15) is 9.59 Å². The molecule has 39 heavy (non-hydrogen) atoms. The molecule has 0 atom stereocenters. The fourth-order valence-electron chi connectivity index (χ4n) is 5.21. The molecule has 200 valence electrons. The number of nitrogens with one attached hydrogen (secondary N) is 1. The Bertz CT molecular complexity index is 1720. The molecule has 1 aliphatic heterocycles. The lowest BCUT2D eigenvalue weighted by Crippen LogP contribution is -2.41. The lowest BCUT2D eigenvalue weighted by molar-refractivity contribution is -0.132. The van der Waals surface area contributed by atoms with Gasteiger partial charge in [-0.25, -0.2) is 14.8 Å². The zero-order chi connectivity index (χ0) is 27.1. The number of likely N-dealkylation sites (tertiary alicyclic amines) is 1. The highest BCUT2D eigenvalue weighted by Gasteiger charge is 2.27. The number of hydrogen-bond donors (Lipinski definition) is 1. The third-order valence-electron chi connectivity index (χ3n) is 7.20. The molecular formula is C27H27ClN8O3. The maximum Gasteiger partial charge on any atom is 0.327 e. The van der Waals surface area contributed by atoms with E-state index in [0.29, 0.717) is 48.1 Å². The van der Waals surface area contributed by atoms with Crippen LogP contribution in [0.3, 0.4) is 0 Å². The van der Waals surface area contributed by atoms with Gasteiger partial charge in [0.15, 0.2) is 5.65 Å². The first-order valence-corrected chi connectivity index (χ1v) is 13.3. The van der Waals surface area contributed by atoms with Crippen molar-refractivity contribution in [2.24, 2.45) is 0 Å². The summed E-state index contributed by atoms with van der Waals surface area (Å²) in [6.07, 6.45) is 4.97. The highest BCUT2D eigenvalue weighted by atomic mass is 35.5. The molecule has 1 amide bonds. The predicted octanol–water partition coefficient (Wildman–Crippen LogP) is 4.03. The van der Waals surface area contributed by atoms with Crippen LogP contribution in [0, 0.1) is 6.92 Å². The van der Waals surface area contributed by atoms with Crippen LogP contribution in [0.5, 0.6) is 0 Å². The monoisotopic (exact) mass is 546 g/mol. The van der Waals surface area contributed by atoms with E-state index >= 15 is 0 Å². The first-order chi connectivity index (χ1) is 18.9. The molecule has 0 radical (unpaired) electrons. The summed E-state index contributed by atoms with van der Waals surface area (Å²) in [4.78, 5) is 39.0. The summed E-state index contributed by atoms with van der Waals surface area (Å²) in [6.45, 7) is 5.91. The molecule has 6 rings (SSSR count). The van der Waals surface area contributed by atoms with Gasteiger partial charge in [0.2, 0.25) is 17.7 Å². The van der Waals surface area contributed by atoms with E-state index in [2.05, 4.69) is 36.6 Å². The molecule has 0 aliphatic carbocycles. The Morgan fingerprint density at radius 3 is 2.74 bits per heavy atom. The number of amides is 1. The number of halogens is 1. The minimum absolute atomic E-state index is 0.000887. The van der Waals surface area contributed by atoms with Gasteiger partial charge in [-0.15, -0.1) is 10.2 Å². The Hall–Kier alpha value is -4.25. The van der Waals surface area contributed by atoms with Crippen LogP contribution < -0.4 is 5.69 Å². The summed E-state index contributed by atoms with van der Waals surface area (Å²) in [7, 11) is 0. The summed E-state index contributed by atoms with van der Waals surface area (Å²) in [5.74, 6) is 1.36. The van der Waals surface area contributed by atoms with Crippen molar-refractivity contribution in [3.05, 3.63) is 69.9 Å². The van der Waals surface area contributed by atoms with Gasteiger partial charge >= 0.3 is 5.69 Å². The van der Waals surface area contributed by atoms with Crippen molar-refractivity contribution in [1.82, 2.24) is 39.2 Å². The number of fused-ring (bicyclic) bond motifs is 1. The molecule has 1 aromatic carbocycles. The number of nitrogens with zero attached hydrogens (tertiary/aromatic N) is 7. The van der Waals surface area contributed by atoms with Gasteiger partial charge in [0.25, 0.3) is 0 Å². The lowest BCUT2D eigenvalue weighted by atomic mass is 10.0. The maximum absolute atomic E-state index is 13.0. The number of imidazole rings is 2. The number of aromatic nitrogens is 7. The fraction of sp³-hybridized carbons (Fsp3) is 0.333. The Kier molecular flexibility index (Phi) is 6.51. The minimum atomic E-state index is -0.176. The van der Waals surface area contributed by atoms with Crippen molar-refractivity contribution >= 4 is 28.7 Å². The molecule has 12 heteroatoms. The number of carbonyl (C=O) groups is 1. The van der Waals surface area contributed by atoms with Gasteiger partial charge in [-0.2, -0.15) is 0 Å². The molecule has 5 heterocycles. The number of rotatable bonds is 6. The van der Waals surface area contributed by atoms with Gasteiger partial charge in [-0.1, -0.05) is 11.6 Å². The van der Waals surface area contributed by atoms with Gasteiger partial charge in [0.1, 0.15) is 12.2 Å². The quantitative estimate of drug-likeness (QED) is 0.340. The number of aromatic amines is 1. The molecule has 5 aromatic rings. The van der Waals surface area contributed by atoms with Crippen LogP contribution in [0.4, 0.5) is 0 Å². The predicted molar refractivity (Wildman–Crippen MR) is 145 cm³/mol. The molecule has 1 N–H and O–H groups in total. The van der Waals surface area contributed by atoms with Crippen molar-refractivity contribution in [2.45, 2.75) is 45.7 Å². The molecule has 1 fully saturated rings. The number of hydrogen-bond acceptors (Lipinski definition) is 7. The second kappa shape index (κ2) is 10.1. The van der Waals surface area contributed by atoms with Gasteiger partial charge in [0, 0.05) is 54.2 Å². The minimum Gasteiger partial charge on any atom is -0.420 e. The third kappa shape index (κ3) is 4.85. The lowest BCUT2D eigenvalue weighted by Gasteiger charge is -2.32. The molecule has 0 unspecified atom stereocenters. The van der Waals surface area contributed by atoms with Crippen molar-refractivity contribution in [3.63, 3.8) is 0 Å². The van der Waals surface area contributed by atoms with Crippen LogP contribution >= 0.6 is 11.6 Å². The van der Waals surface area contributed by atoms with Gasteiger partial charge in [-0.3, -0.25) is 14.3 Å². The zero-order valence-corrected chi connectivity index (χ0v) is 22.4. The Balaban J connectivity index is 1.13. The van der Waals surface area contributed by atoms with Crippen LogP contribution in [0.2, 0.25) is 5.02 Å². The summed E-state index contributed by atoms with van der Waals surface area (Å²) < 4.78 is 9.67. The number of piperidine rings is 1. The first-order valence-electron chi connectivity index (χ1n) is 12.9. The summed E-state index contributed by atoms with van der Waals surface area (Å²) >= 11 is 6.40. The average molecular weight is 547 g/mol. The van der Waals surface area contributed by atoms with E-state index in [1.807, 2.05) is 37.4 Å². The van der Waals surface area contributed by atoms with Gasteiger partial charge < -0.3 is 13.9 Å². The van der Waals surface area contributed by atoms with E-state index in [4.69, 9.17) is 16.0 Å². The molecule has 4 aromatic heterocycles. The standard InChI is InChI=1S/C27H27ClN8O3/c1-3-34-15-21(30-16(34)2)17-11-18(13-19(28)12-17)26-33-32-23(39-26)14-24(37)35-9-6-20(7-10-35)36-22-5-4-8-29-25(22)31-27(36)38/h4-5,8,11-13,15,20H,3,6-7,9-10,14H2,1-2H3,(H,29,31,38). The van der Waals surface area contributed by atoms with Crippen molar-refractivity contribution in [3.8, 4) is 22.7 Å². The van der Waals surface area contributed by atoms with E-state index in [-0.39, 0.29) is 30.0 Å². The Labute approximate surface area is 228 Å². The van der Waals surface area contributed by atoms with Crippen LogP contribution in [-0.4, -0.2) is 58.2 Å². The van der Waals surface area contributed by atoms with Crippen molar-refractivity contribution in [2.75, 3.05) is 13.1 Å². The maximum atomic E-state index is 13.0. The molecule has 1 saturated heterocycles. The first kappa shape index (κ1) is 25.1. The topological polar surface area (TPSA) is 128 Å². The number of pyridine rings is 1. The number of H-pyrrole nitrogens is 1. The average Bonchev–Trinajstić information content (AvgIpc) is 3.64. The number of carbonyl (C=O) groups excluding carboxylic acids is 1.